The molecule has 1 aromatic carbocycles. The van der Waals surface area contributed by atoms with Crippen molar-refractivity contribution in [2.24, 2.45) is 11.3 Å². The quantitative estimate of drug-likeness (QED) is 0.528. The third-order valence-electron chi connectivity index (χ3n) is 7.45. The molecule has 2 fully saturated rings. The van der Waals surface area contributed by atoms with Gasteiger partial charge in [0.2, 0.25) is 11.8 Å². The summed E-state index contributed by atoms with van der Waals surface area (Å²) in [5.74, 6) is 0.677. The molecule has 1 aliphatic carbocycles. The van der Waals surface area contributed by atoms with E-state index < -0.39 is 0 Å². The van der Waals surface area contributed by atoms with Gasteiger partial charge in [-0.1, -0.05) is 19.4 Å². The molecule has 7 nitrogen and oxygen atoms in total. The predicted molar refractivity (Wildman–Crippen MR) is 130 cm³/mol. The lowest BCUT2D eigenvalue weighted by molar-refractivity contribution is -0.140. The average molecular weight is 458 g/mol. The smallest absolute Gasteiger partial charge is 0.230 e. The molecule has 3 aliphatic rings. The molecule has 7 heteroatoms. The second kappa shape index (κ2) is 10.1. The van der Waals surface area contributed by atoms with Gasteiger partial charge in [-0.05, 0) is 62.8 Å². The molecule has 2 N–H and O–H groups in total. The summed E-state index contributed by atoms with van der Waals surface area (Å²) in [6, 6.07) is 6.27. The Morgan fingerprint density at radius 1 is 1.27 bits per heavy atom. The van der Waals surface area contributed by atoms with Crippen molar-refractivity contribution >= 4 is 23.2 Å². The van der Waals surface area contributed by atoms with E-state index in [4.69, 9.17) is 4.74 Å². The monoisotopic (exact) mass is 457 g/mol. The van der Waals surface area contributed by atoms with Crippen LogP contribution in [0.25, 0.3) is 0 Å². The summed E-state index contributed by atoms with van der Waals surface area (Å²) >= 11 is 0. The SMILES string of the molecule is CCCC(CNCCC1(CO)COC1)c1ccc2c(c1)N(C(=O)C1CC1)C[C@H](C)N2C(C)=O. The molecule has 1 saturated carbocycles. The summed E-state index contributed by atoms with van der Waals surface area (Å²) in [5, 5.41) is 13.2. The number of fused-ring (bicyclic) bond motifs is 1. The number of carbonyl (C=O) groups is 2. The number of rotatable bonds is 10. The minimum absolute atomic E-state index is 0.0135. The van der Waals surface area contributed by atoms with Crippen LogP contribution in [0.2, 0.25) is 0 Å². The summed E-state index contributed by atoms with van der Waals surface area (Å²) in [6.45, 7) is 9.51. The highest BCUT2D eigenvalue weighted by Crippen LogP contribution is 2.41. The van der Waals surface area contributed by atoms with Crippen LogP contribution in [0, 0.1) is 11.3 Å². The van der Waals surface area contributed by atoms with E-state index in [2.05, 4.69) is 24.4 Å². The zero-order valence-corrected chi connectivity index (χ0v) is 20.3. The Morgan fingerprint density at radius 3 is 2.61 bits per heavy atom. The fourth-order valence-corrected chi connectivity index (χ4v) is 5.21. The number of hydrogen-bond acceptors (Lipinski definition) is 5. The van der Waals surface area contributed by atoms with Gasteiger partial charge in [-0.2, -0.15) is 0 Å². The number of benzene rings is 1. The molecule has 0 radical (unpaired) electrons. The Hall–Kier alpha value is -1.96. The topological polar surface area (TPSA) is 82.1 Å². The van der Waals surface area contributed by atoms with Crippen LogP contribution in [0.15, 0.2) is 18.2 Å². The summed E-state index contributed by atoms with van der Waals surface area (Å²) < 4.78 is 5.30. The summed E-state index contributed by atoms with van der Waals surface area (Å²) in [7, 11) is 0. The molecule has 2 aliphatic heterocycles. The van der Waals surface area contributed by atoms with Crippen LogP contribution < -0.4 is 15.1 Å². The van der Waals surface area contributed by atoms with E-state index in [0.717, 1.165) is 56.6 Å². The number of aliphatic hydroxyl groups is 1. The van der Waals surface area contributed by atoms with E-state index in [1.807, 2.05) is 22.8 Å². The molecule has 2 heterocycles. The molecule has 0 aromatic heterocycles. The van der Waals surface area contributed by atoms with Crippen molar-refractivity contribution in [1.29, 1.82) is 0 Å². The van der Waals surface area contributed by atoms with Crippen molar-refractivity contribution in [3.63, 3.8) is 0 Å². The summed E-state index contributed by atoms with van der Waals surface area (Å²) in [4.78, 5) is 29.3. The first-order valence-electron chi connectivity index (χ1n) is 12.5. The van der Waals surface area contributed by atoms with Gasteiger partial charge in [0.25, 0.3) is 0 Å². The van der Waals surface area contributed by atoms with Crippen LogP contribution in [0.1, 0.15) is 64.4 Å². The van der Waals surface area contributed by atoms with Crippen LogP contribution in [0.5, 0.6) is 0 Å². The van der Waals surface area contributed by atoms with Crippen LogP contribution in [-0.2, 0) is 14.3 Å². The van der Waals surface area contributed by atoms with Gasteiger partial charge < -0.3 is 25.0 Å². The van der Waals surface area contributed by atoms with E-state index in [0.29, 0.717) is 25.7 Å². The summed E-state index contributed by atoms with van der Waals surface area (Å²) in [5.41, 5.74) is 2.86. The van der Waals surface area contributed by atoms with Crippen LogP contribution >= 0.6 is 0 Å². The number of amides is 2. The highest BCUT2D eigenvalue weighted by atomic mass is 16.5. The third kappa shape index (κ3) is 5.10. The van der Waals surface area contributed by atoms with E-state index in [-0.39, 0.29) is 35.8 Å². The van der Waals surface area contributed by atoms with E-state index in [1.54, 1.807) is 6.92 Å². The standard InChI is InChI=1S/C26H39N3O4/c1-4-5-22(13-27-11-10-26(15-30)16-33-17-26)21-8-9-23-24(12-21)28(25(32)20-6-7-20)14-18(2)29(23)19(3)31/h8-9,12,18,20,22,27,30H,4-7,10-11,13-17H2,1-3H3/t18-,22?/m0/s1. The number of aliphatic hydroxyl groups excluding tert-OH is 1. The first kappa shape index (κ1) is 24.2. The minimum atomic E-state index is -0.0738. The van der Waals surface area contributed by atoms with Crippen molar-refractivity contribution in [1.82, 2.24) is 5.32 Å². The van der Waals surface area contributed by atoms with Gasteiger partial charge in [-0.15, -0.1) is 0 Å². The average Bonchev–Trinajstić information content (AvgIpc) is 3.61. The zero-order valence-electron chi connectivity index (χ0n) is 20.3. The minimum Gasteiger partial charge on any atom is -0.396 e. The Bertz CT molecular complexity index is 860. The maximum absolute atomic E-state index is 13.1. The lowest BCUT2D eigenvalue weighted by Crippen LogP contribution is -2.51. The molecule has 1 saturated heterocycles. The first-order chi connectivity index (χ1) is 15.9. The predicted octanol–water partition coefficient (Wildman–Crippen LogP) is 3.06. The fraction of sp³-hybridized carbons (Fsp3) is 0.692. The molecule has 4 rings (SSSR count). The van der Waals surface area contributed by atoms with Gasteiger partial charge in [-0.3, -0.25) is 9.59 Å². The van der Waals surface area contributed by atoms with E-state index >= 15 is 0 Å². The lowest BCUT2D eigenvalue weighted by atomic mass is 9.83. The lowest BCUT2D eigenvalue weighted by Gasteiger charge is -2.41. The number of hydrogen-bond donors (Lipinski definition) is 2. The maximum atomic E-state index is 13.1. The number of carbonyl (C=O) groups excluding carboxylic acids is 2. The normalized spacial score (nSPS) is 22.5. The Kier molecular flexibility index (Phi) is 7.41. The third-order valence-corrected chi connectivity index (χ3v) is 7.45. The van der Waals surface area contributed by atoms with E-state index in [9.17, 15) is 14.7 Å². The molecule has 182 valence electrons. The van der Waals surface area contributed by atoms with Crippen molar-refractivity contribution in [3.05, 3.63) is 23.8 Å². The Labute approximate surface area is 197 Å². The molecular weight excluding hydrogens is 418 g/mol. The van der Waals surface area contributed by atoms with Gasteiger partial charge in [0, 0.05) is 31.3 Å². The Morgan fingerprint density at radius 2 is 2.03 bits per heavy atom. The van der Waals surface area contributed by atoms with Gasteiger partial charge in [0.1, 0.15) is 0 Å². The highest BCUT2D eigenvalue weighted by Gasteiger charge is 2.40. The molecule has 33 heavy (non-hydrogen) atoms. The Balaban J connectivity index is 1.52. The van der Waals surface area contributed by atoms with Gasteiger partial charge >= 0.3 is 0 Å². The summed E-state index contributed by atoms with van der Waals surface area (Å²) in [6.07, 6.45) is 4.96. The van der Waals surface area contributed by atoms with Crippen molar-refractivity contribution in [2.75, 3.05) is 49.3 Å². The highest BCUT2D eigenvalue weighted by molar-refractivity contribution is 6.05. The molecular formula is C26H39N3O4. The zero-order chi connectivity index (χ0) is 23.6. The van der Waals surface area contributed by atoms with Crippen molar-refractivity contribution in [2.45, 2.75) is 64.8 Å². The second-order valence-electron chi connectivity index (χ2n) is 10.3. The number of nitrogens with one attached hydrogen (secondary N) is 1. The first-order valence-corrected chi connectivity index (χ1v) is 12.5. The maximum Gasteiger partial charge on any atom is 0.230 e. The van der Waals surface area contributed by atoms with Crippen LogP contribution in [0.3, 0.4) is 0 Å². The molecule has 0 bridgehead atoms. The van der Waals surface area contributed by atoms with Gasteiger partial charge in [0.15, 0.2) is 0 Å². The van der Waals surface area contributed by atoms with Crippen molar-refractivity contribution in [3.8, 4) is 0 Å². The number of anilines is 2. The molecule has 0 spiro atoms. The molecule has 1 aromatic rings. The van der Waals surface area contributed by atoms with Crippen molar-refractivity contribution < 1.29 is 19.4 Å². The second-order valence-corrected chi connectivity index (χ2v) is 10.3. The van der Waals surface area contributed by atoms with Crippen LogP contribution in [-0.4, -0.2) is 62.4 Å². The molecule has 2 atom stereocenters. The molecule has 2 amide bonds. The van der Waals surface area contributed by atoms with Gasteiger partial charge in [0.05, 0.1) is 37.2 Å². The fourth-order valence-electron chi connectivity index (χ4n) is 5.21. The van der Waals surface area contributed by atoms with E-state index in [1.165, 1.54) is 5.56 Å². The largest absolute Gasteiger partial charge is 0.396 e. The number of nitrogens with zero attached hydrogens (tertiary/aromatic N) is 2. The molecule has 1 unspecified atom stereocenters. The van der Waals surface area contributed by atoms with Crippen LogP contribution in [0.4, 0.5) is 11.4 Å². The number of ether oxygens (including phenoxy) is 1. The van der Waals surface area contributed by atoms with Gasteiger partial charge in [-0.25, -0.2) is 0 Å².